The maximum atomic E-state index is 13.9. The molecule has 0 bridgehead atoms. The van der Waals surface area contributed by atoms with Gasteiger partial charge < -0.3 is 9.72 Å². The van der Waals surface area contributed by atoms with Gasteiger partial charge in [0.2, 0.25) is 0 Å². The van der Waals surface area contributed by atoms with E-state index in [0.717, 1.165) is 27.6 Å². The summed E-state index contributed by atoms with van der Waals surface area (Å²) in [5.74, 6) is -0.427. The van der Waals surface area contributed by atoms with Gasteiger partial charge in [-0.3, -0.25) is 4.79 Å². The smallest absolute Gasteiger partial charge is 0.163 e. The SMILES string of the molecule is Cc1ccc(C(=O)C[C@@H](COCc2ccccc2)c2c[nH]c3ccc(F)cc23)cc1. The van der Waals surface area contributed by atoms with Gasteiger partial charge in [0.05, 0.1) is 13.2 Å². The van der Waals surface area contributed by atoms with Crippen LogP contribution in [0.15, 0.2) is 79.0 Å². The molecule has 0 aliphatic rings. The Morgan fingerprint density at radius 3 is 2.57 bits per heavy atom. The Morgan fingerprint density at radius 2 is 1.80 bits per heavy atom. The molecular formula is C26H24FNO2. The van der Waals surface area contributed by atoms with E-state index in [2.05, 4.69) is 4.98 Å². The Hall–Kier alpha value is -3.24. The van der Waals surface area contributed by atoms with Crippen LogP contribution in [0, 0.1) is 12.7 Å². The van der Waals surface area contributed by atoms with Crippen LogP contribution in [0.5, 0.6) is 0 Å². The maximum Gasteiger partial charge on any atom is 0.163 e. The summed E-state index contributed by atoms with van der Waals surface area (Å²) >= 11 is 0. The molecule has 152 valence electrons. The van der Waals surface area contributed by atoms with E-state index in [0.29, 0.717) is 25.2 Å². The van der Waals surface area contributed by atoms with Gasteiger partial charge in [0.1, 0.15) is 5.82 Å². The van der Waals surface area contributed by atoms with Crippen LogP contribution >= 0.6 is 0 Å². The molecule has 0 saturated carbocycles. The number of aromatic amines is 1. The molecule has 0 radical (unpaired) electrons. The quantitative estimate of drug-likeness (QED) is 0.358. The van der Waals surface area contributed by atoms with Crippen molar-refractivity contribution in [2.45, 2.75) is 25.9 Å². The lowest BCUT2D eigenvalue weighted by atomic mass is 9.91. The van der Waals surface area contributed by atoms with Gasteiger partial charge in [0.15, 0.2) is 5.78 Å². The first-order valence-electron chi connectivity index (χ1n) is 10.1. The number of nitrogens with one attached hydrogen (secondary N) is 1. The highest BCUT2D eigenvalue weighted by atomic mass is 19.1. The fourth-order valence-electron chi connectivity index (χ4n) is 3.69. The zero-order valence-electron chi connectivity index (χ0n) is 16.9. The molecule has 0 aliphatic heterocycles. The number of aryl methyl sites for hydroxylation is 1. The summed E-state index contributed by atoms with van der Waals surface area (Å²) in [5, 5.41) is 0.792. The van der Waals surface area contributed by atoms with Crippen LogP contribution in [0.25, 0.3) is 10.9 Å². The highest BCUT2D eigenvalue weighted by Crippen LogP contribution is 2.30. The van der Waals surface area contributed by atoms with Crippen molar-refractivity contribution in [1.82, 2.24) is 4.98 Å². The van der Waals surface area contributed by atoms with Gasteiger partial charge in [-0.25, -0.2) is 4.39 Å². The lowest BCUT2D eigenvalue weighted by Gasteiger charge is -2.17. The van der Waals surface area contributed by atoms with Crippen molar-refractivity contribution in [3.8, 4) is 0 Å². The van der Waals surface area contributed by atoms with E-state index in [1.165, 1.54) is 12.1 Å². The maximum absolute atomic E-state index is 13.9. The molecule has 0 amide bonds. The monoisotopic (exact) mass is 401 g/mol. The summed E-state index contributed by atoms with van der Waals surface area (Å²) in [7, 11) is 0. The van der Waals surface area contributed by atoms with Crippen molar-refractivity contribution in [1.29, 1.82) is 0 Å². The van der Waals surface area contributed by atoms with Crippen LogP contribution in [0.3, 0.4) is 0 Å². The summed E-state index contributed by atoms with van der Waals surface area (Å²) in [6.45, 7) is 2.83. The fourth-order valence-corrected chi connectivity index (χ4v) is 3.69. The van der Waals surface area contributed by atoms with Gasteiger partial charge in [-0.05, 0) is 36.2 Å². The number of rotatable bonds is 8. The molecule has 0 aliphatic carbocycles. The number of hydrogen-bond donors (Lipinski definition) is 1. The molecule has 3 aromatic carbocycles. The Labute approximate surface area is 175 Å². The number of halogens is 1. The van der Waals surface area contributed by atoms with Crippen LogP contribution in [-0.4, -0.2) is 17.4 Å². The second kappa shape index (κ2) is 9.06. The highest BCUT2D eigenvalue weighted by Gasteiger charge is 2.21. The molecule has 1 N–H and O–H groups in total. The molecule has 4 aromatic rings. The Balaban J connectivity index is 1.57. The molecule has 0 spiro atoms. The van der Waals surface area contributed by atoms with E-state index in [9.17, 15) is 9.18 Å². The average Bonchev–Trinajstić information content (AvgIpc) is 3.17. The topological polar surface area (TPSA) is 42.1 Å². The summed E-state index contributed by atoms with van der Waals surface area (Å²) < 4.78 is 19.9. The average molecular weight is 401 g/mol. The fraction of sp³-hybridized carbons (Fsp3) is 0.192. The van der Waals surface area contributed by atoms with Crippen LogP contribution in [-0.2, 0) is 11.3 Å². The summed E-state index contributed by atoms with van der Waals surface area (Å²) in [6.07, 6.45) is 2.16. The number of Topliss-reactive ketones (excluding diaryl/α,β-unsaturated/α-hetero) is 1. The Bertz CT molecular complexity index is 1130. The lowest BCUT2D eigenvalue weighted by molar-refractivity contribution is 0.0868. The third-order valence-corrected chi connectivity index (χ3v) is 5.35. The molecule has 3 nitrogen and oxygen atoms in total. The second-order valence-electron chi connectivity index (χ2n) is 7.62. The van der Waals surface area contributed by atoms with E-state index < -0.39 is 0 Å². The first-order valence-corrected chi connectivity index (χ1v) is 10.1. The molecular weight excluding hydrogens is 377 g/mol. The number of aromatic nitrogens is 1. The van der Waals surface area contributed by atoms with Crippen molar-refractivity contribution in [2.24, 2.45) is 0 Å². The first kappa shape index (κ1) is 20.0. The normalized spacial score (nSPS) is 12.2. The standard InChI is InChI=1S/C26H24FNO2/c1-18-7-9-20(10-8-18)26(29)13-21(17-30-16-19-5-3-2-4-6-19)24-15-28-25-12-11-22(27)14-23(24)25/h2-12,14-15,21,28H,13,16-17H2,1H3/t21-/m0/s1. The molecule has 30 heavy (non-hydrogen) atoms. The van der Waals surface area contributed by atoms with Crippen molar-refractivity contribution in [2.75, 3.05) is 6.61 Å². The van der Waals surface area contributed by atoms with Crippen LogP contribution < -0.4 is 0 Å². The number of ketones is 1. The molecule has 0 saturated heterocycles. The van der Waals surface area contributed by atoms with Crippen molar-refractivity contribution in [3.05, 3.63) is 107 Å². The minimum atomic E-state index is -0.294. The lowest BCUT2D eigenvalue weighted by Crippen LogP contribution is -2.13. The zero-order chi connectivity index (χ0) is 20.9. The Kier molecular flexibility index (Phi) is 6.05. The number of ether oxygens (including phenoxy) is 1. The number of carbonyl (C=O) groups is 1. The molecule has 4 heteroatoms. The number of benzene rings is 3. The van der Waals surface area contributed by atoms with Crippen molar-refractivity contribution in [3.63, 3.8) is 0 Å². The van der Waals surface area contributed by atoms with E-state index in [4.69, 9.17) is 4.74 Å². The predicted octanol–water partition coefficient (Wildman–Crippen LogP) is 6.19. The van der Waals surface area contributed by atoms with Gasteiger partial charge >= 0.3 is 0 Å². The molecule has 1 heterocycles. The minimum absolute atomic E-state index is 0.0501. The van der Waals surface area contributed by atoms with Crippen LogP contribution in [0.1, 0.15) is 39.4 Å². The van der Waals surface area contributed by atoms with Gasteiger partial charge in [-0.15, -0.1) is 0 Å². The van der Waals surface area contributed by atoms with Crippen LogP contribution in [0.2, 0.25) is 0 Å². The van der Waals surface area contributed by atoms with Crippen molar-refractivity contribution >= 4 is 16.7 Å². The number of fused-ring (bicyclic) bond motifs is 1. The van der Waals surface area contributed by atoms with Gasteiger partial charge in [0.25, 0.3) is 0 Å². The predicted molar refractivity (Wildman–Crippen MR) is 117 cm³/mol. The van der Waals surface area contributed by atoms with Crippen LogP contribution in [0.4, 0.5) is 4.39 Å². The molecule has 1 atom stereocenters. The number of hydrogen-bond acceptors (Lipinski definition) is 2. The summed E-state index contributed by atoms with van der Waals surface area (Å²) in [5.41, 5.74) is 4.62. The zero-order valence-corrected chi connectivity index (χ0v) is 16.9. The van der Waals surface area contributed by atoms with E-state index in [1.807, 2.05) is 67.7 Å². The molecule has 0 fully saturated rings. The van der Waals surface area contributed by atoms with Gasteiger partial charge in [-0.2, -0.15) is 0 Å². The second-order valence-corrected chi connectivity index (χ2v) is 7.62. The van der Waals surface area contributed by atoms with E-state index in [1.54, 1.807) is 6.07 Å². The van der Waals surface area contributed by atoms with Gasteiger partial charge in [0, 0.05) is 35.0 Å². The third-order valence-electron chi connectivity index (χ3n) is 5.35. The minimum Gasteiger partial charge on any atom is -0.376 e. The largest absolute Gasteiger partial charge is 0.376 e. The van der Waals surface area contributed by atoms with Gasteiger partial charge in [-0.1, -0.05) is 60.2 Å². The number of carbonyl (C=O) groups excluding carboxylic acids is 1. The summed E-state index contributed by atoms with van der Waals surface area (Å²) in [4.78, 5) is 16.1. The van der Waals surface area contributed by atoms with Crippen molar-refractivity contribution < 1.29 is 13.9 Å². The summed E-state index contributed by atoms with van der Waals surface area (Å²) in [6, 6.07) is 22.2. The molecule has 0 unspecified atom stereocenters. The first-order chi connectivity index (χ1) is 14.6. The molecule has 4 rings (SSSR count). The number of H-pyrrole nitrogens is 1. The highest BCUT2D eigenvalue weighted by molar-refractivity contribution is 5.97. The van der Waals surface area contributed by atoms with E-state index in [-0.39, 0.29) is 17.5 Å². The Morgan fingerprint density at radius 1 is 1.03 bits per heavy atom. The third kappa shape index (κ3) is 4.66. The van der Waals surface area contributed by atoms with E-state index >= 15 is 0 Å². The molecule has 1 aromatic heterocycles.